The Morgan fingerprint density at radius 2 is 1.89 bits per heavy atom. The lowest BCUT2D eigenvalue weighted by atomic mass is 9.86. The van der Waals surface area contributed by atoms with Crippen LogP contribution in [-0.2, 0) is 5.11 Å². The molecule has 2 nitrogen and oxygen atoms in total. The smallest absolute Gasteiger partial charge is 0.108 e. The van der Waals surface area contributed by atoms with Crippen molar-refractivity contribution in [3.63, 3.8) is 0 Å². The van der Waals surface area contributed by atoms with Crippen LogP contribution in [-0.4, -0.2) is 30.6 Å². The Bertz CT molecular complexity index is 107. The number of hydrogen-bond donors (Lipinski definition) is 0. The minimum Gasteiger partial charge on any atom is -0.301 e. The van der Waals surface area contributed by atoms with Crippen molar-refractivity contribution in [2.75, 3.05) is 19.6 Å². The van der Waals surface area contributed by atoms with Crippen LogP contribution >= 0.6 is 0 Å². The third kappa shape index (κ3) is 0.864. The Morgan fingerprint density at radius 1 is 1.22 bits per heavy atom. The summed E-state index contributed by atoms with van der Waals surface area (Å²) in [4.78, 5) is 2.29. The first-order valence-corrected chi connectivity index (χ1v) is 3.74. The molecule has 9 heavy (non-hydrogen) atoms. The number of piperidine rings is 3. The number of nitrogens with zero attached hydrogens (tertiary/aromatic N) is 1. The molecule has 3 saturated heterocycles. The Labute approximate surface area is 55.5 Å². The van der Waals surface area contributed by atoms with E-state index in [2.05, 4.69) is 4.90 Å². The maximum atomic E-state index is 11.1. The molecule has 0 aromatic rings. The third-order valence-corrected chi connectivity index (χ3v) is 2.60. The van der Waals surface area contributed by atoms with Crippen LogP contribution in [0, 0.1) is 5.92 Å². The van der Waals surface area contributed by atoms with Gasteiger partial charge in [-0.15, -0.1) is 0 Å². The lowest BCUT2D eigenvalue weighted by Crippen LogP contribution is -2.49. The van der Waals surface area contributed by atoms with Crippen molar-refractivity contribution in [3.8, 4) is 0 Å². The molecule has 0 unspecified atom stereocenters. The van der Waals surface area contributed by atoms with Crippen molar-refractivity contribution in [2.45, 2.75) is 18.9 Å². The molecule has 0 aliphatic carbocycles. The van der Waals surface area contributed by atoms with E-state index in [-0.39, 0.29) is 6.10 Å². The van der Waals surface area contributed by atoms with Crippen molar-refractivity contribution in [1.29, 1.82) is 0 Å². The molecule has 0 amide bonds. The van der Waals surface area contributed by atoms with Crippen molar-refractivity contribution >= 4 is 0 Å². The summed E-state index contributed by atoms with van der Waals surface area (Å²) in [7, 11) is 0. The molecule has 0 N–H and O–H groups in total. The van der Waals surface area contributed by atoms with Crippen molar-refractivity contribution < 1.29 is 5.11 Å². The minimum absolute atomic E-state index is 0.257. The number of fused-ring (bicyclic) bond motifs is 3. The van der Waals surface area contributed by atoms with Gasteiger partial charge in [0.15, 0.2) is 0 Å². The quantitative estimate of drug-likeness (QED) is 0.464. The van der Waals surface area contributed by atoms with Gasteiger partial charge in [-0.25, -0.2) is 5.11 Å². The van der Waals surface area contributed by atoms with Gasteiger partial charge in [0.05, 0.1) is 0 Å². The molecule has 3 aliphatic rings. The van der Waals surface area contributed by atoms with Gasteiger partial charge in [-0.2, -0.15) is 0 Å². The first-order chi connectivity index (χ1) is 4.36. The average Bonchev–Trinajstić information content (AvgIpc) is 1.90. The van der Waals surface area contributed by atoms with Crippen LogP contribution in [0.2, 0.25) is 0 Å². The Morgan fingerprint density at radius 3 is 2.11 bits per heavy atom. The zero-order valence-corrected chi connectivity index (χ0v) is 5.55. The summed E-state index contributed by atoms with van der Waals surface area (Å²) in [5.41, 5.74) is 0. The Hall–Kier alpha value is -0.0800. The van der Waals surface area contributed by atoms with Crippen molar-refractivity contribution in [2.24, 2.45) is 5.92 Å². The predicted molar refractivity (Wildman–Crippen MR) is 33.6 cm³/mol. The molecule has 0 aromatic carbocycles. The van der Waals surface area contributed by atoms with Crippen LogP contribution in [0.25, 0.3) is 0 Å². The number of rotatable bonds is 0. The number of hydrogen-bond acceptors (Lipinski definition) is 1. The summed E-state index contributed by atoms with van der Waals surface area (Å²) in [5, 5.41) is 11.1. The molecule has 3 heterocycles. The van der Waals surface area contributed by atoms with E-state index in [4.69, 9.17) is 0 Å². The standard InChI is InChI=1S/C7H12NO/c9-7-5-8-3-1-6(7)2-4-8/h6-7H,1-5H2/t7-/m0/s1. The van der Waals surface area contributed by atoms with Crippen LogP contribution in [0.4, 0.5) is 0 Å². The Kier molecular flexibility index (Phi) is 1.24. The highest BCUT2D eigenvalue weighted by Crippen LogP contribution is 2.27. The molecule has 1 radical (unpaired) electrons. The molecule has 0 spiro atoms. The fourth-order valence-corrected chi connectivity index (χ4v) is 1.91. The van der Waals surface area contributed by atoms with E-state index >= 15 is 0 Å². The van der Waals surface area contributed by atoms with Crippen LogP contribution in [0.3, 0.4) is 0 Å². The maximum Gasteiger partial charge on any atom is 0.108 e. The molecule has 1 atom stereocenters. The van der Waals surface area contributed by atoms with Crippen LogP contribution < -0.4 is 0 Å². The van der Waals surface area contributed by atoms with Gasteiger partial charge >= 0.3 is 0 Å². The summed E-state index contributed by atoms with van der Waals surface area (Å²) in [6, 6.07) is 0. The second-order valence-electron chi connectivity index (χ2n) is 3.18. The molecule has 3 fully saturated rings. The SMILES string of the molecule is [O][C@H]1CN2CCC1CC2. The van der Waals surface area contributed by atoms with Crippen molar-refractivity contribution in [1.82, 2.24) is 4.90 Å². The van der Waals surface area contributed by atoms with Gasteiger partial charge in [0.2, 0.25) is 0 Å². The topological polar surface area (TPSA) is 23.1 Å². The molecule has 3 rings (SSSR count). The fraction of sp³-hybridized carbons (Fsp3) is 1.00. The Balaban J connectivity index is 2.06. The lowest BCUT2D eigenvalue weighted by Gasteiger charge is -2.41. The second kappa shape index (κ2) is 1.96. The molecular weight excluding hydrogens is 114 g/mol. The summed E-state index contributed by atoms with van der Waals surface area (Å²) in [6.45, 7) is 3.19. The molecule has 3 aliphatic heterocycles. The van der Waals surface area contributed by atoms with Gasteiger partial charge in [-0.1, -0.05) is 0 Å². The highest BCUT2D eigenvalue weighted by molar-refractivity contribution is 4.85. The molecule has 2 heteroatoms. The first-order valence-electron chi connectivity index (χ1n) is 3.74. The predicted octanol–water partition coefficient (Wildman–Crippen LogP) is 0.511. The summed E-state index contributed by atoms with van der Waals surface area (Å²) in [6.07, 6.45) is 2.06. The van der Waals surface area contributed by atoms with Crippen LogP contribution in [0.15, 0.2) is 0 Å². The van der Waals surface area contributed by atoms with E-state index in [0.717, 1.165) is 19.4 Å². The molecule has 2 bridgehead atoms. The van der Waals surface area contributed by atoms with E-state index in [1.54, 1.807) is 0 Å². The van der Waals surface area contributed by atoms with E-state index in [1.807, 2.05) is 0 Å². The largest absolute Gasteiger partial charge is 0.301 e. The highest BCUT2D eigenvalue weighted by atomic mass is 16.3. The fourth-order valence-electron chi connectivity index (χ4n) is 1.91. The zero-order chi connectivity index (χ0) is 6.27. The maximum absolute atomic E-state index is 11.1. The summed E-state index contributed by atoms with van der Waals surface area (Å²) < 4.78 is 0. The highest BCUT2D eigenvalue weighted by Gasteiger charge is 2.33. The zero-order valence-electron chi connectivity index (χ0n) is 5.55. The van der Waals surface area contributed by atoms with E-state index in [0.29, 0.717) is 5.92 Å². The van der Waals surface area contributed by atoms with Gasteiger partial charge in [-0.3, -0.25) is 0 Å². The second-order valence-corrected chi connectivity index (χ2v) is 3.18. The normalized spacial score (nSPS) is 49.7. The monoisotopic (exact) mass is 126 g/mol. The van der Waals surface area contributed by atoms with Gasteiger partial charge in [0.1, 0.15) is 6.10 Å². The van der Waals surface area contributed by atoms with E-state index in [1.165, 1.54) is 13.1 Å². The van der Waals surface area contributed by atoms with Gasteiger partial charge in [0.25, 0.3) is 0 Å². The van der Waals surface area contributed by atoms with Crippen LogP contribution in [0.1, 0.15) is 12.8 Å². The molecule has 51 valence electrons. The van der Waals surface area contributed by atoms with Gasteiger partial charge in [0, 0.05) is 6.54 Å². The van der Waals surface area contributed by atoms with Crippen LogP contribution in [0.5, 0.6) is 0 Å². The van der Waals surface area contributed by atoms with Gasteiger partial charge < -0.3 is 4.90 Å². The molecule has 0 aromatic heterocycles. The van der Waals surface area contributed by atoms with Gasteiger partial charge in [-0.05, 0) is 31.8 Å². The third-order valence-electron chi connectivity index (χ3n) is 2.60. The van der Waals surface area contributed by atoms with E-state index in [9.17, 15) is 5.11 Å². The summed E-state index contributed by atoms with van der Waals surface area (Å²) >= 11 is 0. The lowest BCUT2D eigenvalue weighted by molar-refractivity contribution is -0.0610. The minimum atomic E-state index is -0.257. The van der Waals surface area contributed by atoms with Crippen molar-refractivity contribution in [3.05, 3.63) is 0 Å². The average molecular weight is 126 g/mol. The molecule has 0 saturated carbocycles. The van der Waals surface area contributed by atoms with E-state index < -0.39 is 0 Å². The summed E-state index contributed by atoms with van der Waals surface area (Å²) in [5.74, 6) is 0.523. The first kappa shape index (κ1) is 5.69. The molecular formula is C7H12NO.